The van der Waals surface area contributed by atoms with Crippen molar-refractivity contribution in [2.24, 2.45) is 0 Å². The minimum absolute atomic E-state index is 0.127. The number of rotatable bonds is 1. The average molecular weight is 222 g/mol. The van der Waals surface area contributed by atoms with E-state index in [1.807, 2.05) is 0 Å². The van der Waals surface area contributed by atoms with E-state index in [-0.39, 0.29) is 5.95 Å². The van der Waals surface area contributed by atoms with E-state index in [4.69, 9.17) is 23.1 Å². The van der Waals surface area contributed by atoms with Crippen LogP contribution in [0.1, 0.15) is 0 Å². The number of nitrogens with two attached hydrogens (primary N) is 2. The molecule has 0 radical (unpaired) electrons. The van der Waals surface area contributed by atoms with Crippen LogP contribution in [0.3, 0.4) is 0 Å². The summed E-state index contributed by atoms with van der Waals surface area (Å²) in [6, 6.07) is 5.06. The third kappa shape index (κ3) is 2.13. The first kappa shape index (κ1) is 9.67. The molecule has 0 spiro atoms. The van der Waals surface area contributed by atoms with Crippen molar-refractivity contribution in [3.8, 4) is 11.4 Å². The van der Waals surface area contributed by atoms with Crippen LogP contribution in [-0.2, 0) is 0 Å². The van der Waals surface area contributed by atoms with Gasteiger partial charge in [-0.1, -0.05) is 11.6 Å². The summed E-state index contributed by atoms with van der Waals surface area (Å²) in [5.41, 5.74) is 12.2. The molecule has 0 amide bonds. The number of nitrogens with zero attached hydrogens (tertiary/aromatic N) is 3. The molecule has 15 heavy (non-hydrogen) atoms. The molecule has 0 atom stereocenters. The van der Waals surface area contributed by atoms with Gasteiger partial charge < -0.3 is 11.5 Å². The van der Waals surface area contributed by atoms with Crippen LogP contribution in [0.2, 0.25) is 5.02 Å². The summed E-state index contributed by atoms with van der Waals surface area (Å²) in [6.45, 7) is 0. The Labute approximate surface area is 91.1 Å². The normalized spacial score (nSPS) is 10.2. The zero-order chi connectivity index (χ0) is 10.8. The van der Waals surface area contributed by atoms with E-state index >= 15 is 0 Å². The molecule has 2 aromatic rings. The van der Waals surface area contributed by atoms with E-state index in [9.17, 15) is 0 Å². The highest BCUT2D eigenvalue weighted by molar-refractivity contribution is 6.30. The summed E-state index contributed by atoms with van der Waals surface area (Å²) in [4.78, 5) is 11.9. The second-order valence-electron chi connectivity index (χ2n) is 2.90. The number of aromatic nitrogens is 3. The molecule has 2 heterocycles. The second kappa shape index (κ2) is 3.70. The summed E-state index contributed by atoms with van der Waals surface area (Å²) in [7, 11) is 0. The Morgan fingerprint density at radius 1 is 1.07 bits per heavy atom. The first-order valence-electron chi connectivity index (χ1n) is 4.17. The Hall–Kier alpha value is -1.88. The van der Waals surface area contributed by atoms with Gasteiger partial charge in [-0.15, -0.1) is 0 Å². The van der Waals surface area contributed by atoms with Gasteiger partial charge in [-0.25, -0.2) is 4.98 Å². The Bertz CT molecular complexity index is 462. The van der Waals surface area contributed by atoms with E-state index in [0.29, 0.717) is 22.2 Å². The van der Waals surface area contributed by atoms with Crippen molar-refractivity contribution in [1.82, 2.24) is 15.0 Å². The maximum atomic E-state index is 5.72. The lowest BCUT2D eigenvalue weighted by molar-refractivity contribution is 1.17. The number of halogens is 1. The maximum Gasteiger partial charge on any atom is 0.222 e. The number of anilines is 2. The molecule has 0 unspecified atom stereocenters. The summed E-state index contributed by atoms with van der Waals surface area (Å²) in [5.74, 6) is 0.441. The number of nitrogen functional groups attached to an aromatic ring is 2. The molecule has 0 aliphatic rings. The van der Waals surface area contributed by atoms with E-state index in [1.165, 1.54) is 6.20 Å². The van der Waals surface area contributed by atoms with Crippen LogP contribution in [-0.4, -0.2) is 15.0 Å². The van der Waals surface area contributed by atoms with Crippen molar-refractivity contribution < 1.29 is 0 Å². The zero-order valence-corrected chi connectivity index (χ0v) is 8.44. The Balaban J connectivity index is 2.49. The molecule has 2 rings (SSSR count). The molecule has 0 saturated heterocycles. The van der Waals surface area contributed by atoms with Gasteiger partial charge in [0.05, 0.1) is 16.4 Å². The highest BCUT2D eigenvalue weighted by Crippen LogP contribution is 2.18. The van der Waals surface area contributed by atoms with Gasteiger partial charge in [0, 0.05) is 12.3 Å². The minimum Gasteiger partial charge on any atom is -0.384 e. The van der Waals surface area contributed by atoms with Gasteiger partial charge in [0.1, 0.15) is 5.82 Å². The third-order valence-electron chi connectivity index (χ3n) is 1.75. The van der Waals surface area contributed by atoms with Gasteiger partial charge in [-0.05, 0) is 12.1 Å². The van der Waals surface area contributed by atoms with E-state index in [0.717, 1.165) is 0 Å². The van der Waals surface area contributed by atoms with Crippen LogP contribution in [0.5, 0.6) is 0 Å². The summed E-state index contributed by atoms with van der Waals surface area (Å²) in [5, 5.41) is 0.564. The minimum atomic E-state index is 0.127. The van der Waals surface area contributed by atoms with Gasteiger partial charge in [0.2, 0.25) is 5.95 Å². The molecule has 0 aliphatic carbocycles. The fraction of sp³-hybridized carbons (Fsp3) is 0. The van der Waals surface area contributed by atoms with Crippen molar-refractivity contribution in [2.75, 3.05) is 11.5 Å². The topological polar surface area (TPSA) is 90.7 Å². The van der Waals surface area contributed by atoms with Crippen LogP contribution in [0.15, 0.2) is 24.4 Å². The van der Waals surface area contributed by atoms with Crippen molar-refractivity contribution in [3.05, 3.63) is 29.4 Å². The molecule has 6 heteroatoms. The molecule has 0 saturated carbocycles. The number of pyridine rings is 1. The third-order valence-corrected chi connectivity index (χ3v) is 1.98. The largest absolute Gasteiger partial charge is 0.384 e. The van der Waals surface area contributed by atoms with Crippen molar-refractivity contribution in [2.45, 2.75) is 0 Å². The molecule has 2 aromatic heterocycles. The fourth-order valence-corrected chi connectivity index (χ4v) is 1.26. The van der Waals surface area contributed by atoms with Gasteiger partial charge in [0.15, 0.2) is 0 Å². The van der Waals surface area contributed by atoms with E-state index in [1.54, 1.807) is 18.2 Å². The average Bonchev–Trinajstić information content (AvgIpc) is 2.17. The first-order valence-corrected chi connectivity index (χ1v) is 4.55. The molecule has 5 nitrogen and oxygen atoms in total. The van der Waals surface area contributed by atoms with Crippen LogP contribution in [0.4, 0.5) is 11.8 Å². The Kier molecular flexibility index (Phi) is 2.39. The molecular formula is C9H8ClN5. The van der Waals surface area contributed by atoms with E-state index in [2.05, 4.69) is 15.0 Å². The molecule has 0 aliphatic heterocycles. The van der Waals surface area contributed by atoms with Gasteiger partial charge >= 0.3 is 0 Å². The predicted molar refractivity (Wildman–Crippen MR) is 59.1 cm³/mol. The smallest absolute Gasteiger partial charge is 0.222 e. The Morgan fingerprint density at radius 2 is 1.87 bits per heavy atom. The van der Waals surface area contributed by atoms with Crippen LogP contribution in [0, 0.1) is 0 Å². The number of hydrogen-bond acceptors (Lipinski definition) is 5. The summed E-state index contributed by atoms with van der Waals surface area (Å²) < 4.78 is 0. The number of hydrogen-bond donors (Lipinski definition) is 2. The monoisotopic (exact) mass is 221 g/mol. The van der Waals surface area contributed by atoms with E-state index < -0.39 is 0 Å². The standard InChI is InChI=1S/C9H8ClN5/c10-5-1-2-6(13-4-5)7-3-8(11)15-9(12)14-7/h1-4H,(H4,11,12,14,15). The molecule has 0 aromatic carbocycles. The molecule has 0 fully saturated rings. The lowest BCUT2D eigenvalue weighted by atomic mass is 10.2. The zero-order valence-electron chi connectivity index (χ0n) is 7.68. The van der Waals surface area contributed by atoms with Crippen molar-refractivity contribution in [3.63, 3.8) is 0 Å². The van der Waals surface area contributed by atoms with Crippen LogP contribution < -0.4 is 11.5 Å². The quantitative estimate of drug-likeness (QED) is 0.759. The van der Waals surface area contributed by atoms with Crippen LogP contribution in [0.25, 0.3) is 11.4 Å². The van der Waals surface area contributed by atoms with Crippen molar-refractivity contribution in [1.29, 1.82) is 0 Å². The molecule has 76 valence electrons. The summed E-state index contributed by atoms with van der Waals surface area (Å²) in [6.07, 6.45) is 1.53. The summed E-state index contributed by atoms with van der Waals surface area (Å²) >= 11 is 5.72. The highest BCUT2D eigenvalue weighted by atomic mass is 35.5. The lowest BCUT2D eigenvalue weighted by Gasteiger charge is -2.02. The molecule has 4 N–H and O–H groups in total. The molecular weight excluding hydrogens is 214 g/mol. The molecule has 0 bridgehead atoms. The Morgan fingerprint density at radius 3 is 2.47 bits per heavy atom. The lowest BCUT2D eigenvalue weighted by Crippen LogP contribution is -2.01. The van der Waals surface area contributed by atoms with Crippen molar-refractivity contribution >= 4 is 23.4 Å². The highest BCUT2D eigenvalue weighted by Gasteiger charge is 2.03. The second-order valence-corrected chi connectivity index (χ2v) is 3.33. The van der Waals surface area contributed by atoms with Gasteiger partial charge in [0.25, 0.3) is 0 Å². The van der Waals surface area contributed by atoms with Crippen LogP contribution >= 0.6 is 11.6 Å². The predicted octanol–water partition coefficient (Wildman–Crippen LogP) is 1.36. The first-order chi connectivity index (χ1) is 7.15. The SMILES string of the molecule is Nc1cc(-c2ccc(Cl)cn2)nc(N)n1. The van der Waals surface area contributed by atoms with Gasteiger partial charge in [-0.2, -0.15) is 4.98 Å². The fourth-order valence-electron chi connectivity index (χ4n) is 1.14. The maximum absolute atomic E-state index is 5.72. The van der Waals surface area contributed by atoms with Gasteiger partial charge in [-0.3, -0.25) is 4.98 Å².